The van der Waals surface area contributed by atoms with Crippen molar-refractivity contribution in [1.29, 1.82) is 0 Å². The van der Waals surface area contributed by atoms with E-state index in [1.165, 1.54) is 6.07 Å². The highest BCUT2D eigenvalue weighted by molar-refractivity contribution is 9.10. The smallest absolute Gasteiger partial charge is 0.301 e. The lowest BCUT2D eigenvalue weighted by Crippen LogP contribution is -1.93. The molecule has 1 heterocycles. The van der Waals surface area contributed by atoms with Crippen molar-refractivity contribution in [3.63, 3.8) is 0 Å². The fraction of sp³-hybridized carbons (Fsp3) is 0.100. The fourth-order valence-electron chi connectivity index (χ4n) is 1.10. The number of imidazole rings is 1. The zero-order valence-corrected chi connectivity index (χ0v) is 9.53. The molecule has 78 valence electrons. The van der Waals surface area contributed by atoms with Gasteiger partial charge in [-0.05, 0) is 34.1 Å². The molecule has 1 aromatic heterocycles. The molecule has 0 aliphatic rings. The Labute approximate surface area is 94.6 Å². The van der Waals surface area contributed by atoms with Crippen LogP contribution in [-0.2, 0) is 7.05 Å². The summed E-state index contributed by atoms with van der Waals surface area (Å²) in [5.41, 5.74) is 0. The van der Waals surface area contributed by atoms with Crippen LogP contribution >= 0.6 is 15.9 Å². The predicted octanol–water partition coefficient (Wildman–Crippen LogP) is 3.11. The first-order valence-electron chi connectivity index (χ1n) is 4.27. The van der Waals surface area contributed by atoms with E-state index in [0.717, 1.165) is 0 Å². The van der Waals surface area contributed by atoms with Gasteiger partial charge in [-0.15, -0.1) is 0 Å². The number of hydrogen-bond acceptors (Lipinski definition) is 2. The minimum atomic E-state index is -0.317. The summed E-state index contributed by atoms with van der Waals surface area (Å²) in [6, 6.07) is 4.91. The molecule has 0 unspecified atom stereocenters. The number of rotatable bonds is 2. The van der Waals surface area contributed by atoms with E-state index in [1.54, 1.807) is 29.1 Å². The Kier molecular flexibility index (Phi) is 2.73. The molecule has 15 heavy (non-hydrogen) atoms. The summed E-state index contributed by atoms with van der Waals surface area (Å²) in [5.74, 6) is 0.222. The molecule has 0 bridgehead atoms. The molecule has 0 saturated carbocycles. The highest BCUT2D eigenvalue weighted by atomic mass is 79.9. The van der Waals surface area contributed by atoms with Gasteiger partial charge in [-0.25, -0.2) is 9.37 Å². The van der Waals surface area contributed by atoms with Crippen LogP contribution in [0.2, 0.25) is 0 Å². The van der Waals surface area contributed by atoms with Crippen molar-refractivity contribution in [2.75, 3.05) is 0 Å². The lowest BCUT2D eigenvalue weighted by molar-refractivity contribution is 0.423. The molecular formula is C10H8BrFN2O. The fourth-order valence-corrected chi connectivity index (χ4v) is 1.45. The zero-order chi connectivity index (χ0) is 10.8. The molecule has 2 aromatic rings. The summed E-state index contributed by atoms with van der Waals surface area (Å²) in [4.78, 5) is 3.99. The van der Waals surface area contributed by atoms with Gasteiger partial charge in [-0.1, -0.05) is 0 Å². The molecule has 0 N–H and O–H groups in total. The number of halogens is 2. The Morgan fingerprint density at radius 1 is 1.47 bits per heavy atom. The average Bonchev–Trinajstić information content (AvgIpc) is 2.59. The van der Waals surface area contributed by atoms with Gasteiger partial charge >= 0.3 is 6.01 Å². The van der Waals surface area contributed by atoms with Crippen LogP contribution in [0.4, 0.5) is 4.39 Å². The molecule has 2 rings (SSSR count). The Balaban J connectivity index is 2.25. The maximum Gasteiger partial charge on any atom is 0.301 e. The monoisotopic (exact) mass is 270 g/mol. The van der Waals surface area contributed by atoms with Crippen LogP contribution in [0.5, 0.6) is 11.8 Å². The van der Waals surface area contributed by atoms with E-state index in [4.69, 9.17) is 4.74 Å². The van der Waals surface area contributed by atoms with Crippen molar-refractivity contribution in [2.24, 2.45) is 7.05 Å². The number of ether oxygens (including phenoxy) is 1. The van der Waals surface area contributed by atoms with E-state index < -0.39 is 0 Å². The van der Waals surface area contributed by atoms with Crippen molar-refractivity contribution < 1.29 is 9.13 Å². The molecule has 0 aliphatic carbocycles. The summed E-state index contributed by atoms with van der Waals surface area (Å²) in [5, 5.41) is 0. The standard InChI is InChI=1S/C10H8BrFN2O/c1-14-5-4-13-10(14)15-7-2-3-9(12)8(11)6-7/h2-6H,1H3. The third-order valence-corrected chi connectivity index (χ3v) is 2.48. The predicted molar refractivity (Wildman–Crippen MR) is 57.4 cm³/mol. The molecule has 0 saturated heterocycles. The minimum absolute atomic E-state index is 0.317. The Morgan fingerprint density at radius 3 is 2.87 bits per heavy atom. The van der Waals surface area contributed by atoms with Crippen LogP contribution in [0.25, 0.3) is 0 Å². The van der Waals surface area contributed by atoms with E-state index in [0.29, 0.717) is 16.2 Å². The van der Waals surface area contributed by atoms with Gasteiger partial charge in [0.05, 0.1) is 4.47 Å². The number of hydrogen-bond donors (Lipinski definition) is 0. The second kappa shape index (κ2) is 4.02. The van der Waals surface area contributed by atoms with Crippen LogP contribution in [-0.4, -0.2) is 9.55 Å². The molecule has 0 atom stereocenters. The second-order valence-electron chi connectivity index (χ2n) is 3.00. The molecule has 0 spiro atoms. The van der Waals surface area contributed by atoms with Gasteiger partial charge in [0.1, 0.15) is 11.6 Å². The van der Waals surface area contributed by atoms with E-state index in [9.17, 15) is 4.39 Å². The van der Waals surface area contributed by atoms with E-state index >= 15 is 0 Å². The highest BCUT2D eigenvalue weighted by Crippen LogP contribution is 2.24. The lowest BCUT2D eigenvalue weighted by Gasteiger charge is -2.05. The second-order valence-corrected chi connectivity index (χ2v) is 3.85. The number of aromatic nitrogens is 2. The highest BCUT2D eigenvalue weighted by Gasteiger charge is 2.05. The Hall–Kier alpha value is -1.36. The van der Waals surface area contributed by atoms with Gasteiger partial charge in [0.25, 0.3) is 0 Å². The number of nitrogens with zero attached hydrogens (tertiary/aromatic N) is 2. The minimum Gasteiger partial charge on any atom is -0.425 e. The van der Waals surface area contributed by atoms with Gasteiger partial charge < -0.3 is 9.30 Å². The maximum atomic E-state index is 12.9. The van der Waals surface area contributed by atoms with Crippen LogP contribution in [0.1, 0.15) is 0 Å². The summed E-state index contributed by atoms with van der Waals surface area (Å²) in [7, 11) is 1.82. The van der Waals surface area contributed by atoms with E-state index in [2.05, 4.69) is 20.9 Å². The summed E-state index contributed by atoms with van der Waals surface area (Å²) in [6.07, 6.45) is 3.40. The van der Waals surface area contributed by atoms with Crippen LogP contribution < -0.4 is 4.74 Å². The zero-order valence-electron chi connectivity index (χ0n) is 7.95. The SMILES string of the molecule is Cn1ccnc1Oc1ccc(F)c(Br)c1. The normalized spacial score (nSPS) is 10.3. The van der Waals surface area contributed by atoms with Gasteiger partial charge in [0, 0.05) is 19.4 Å². The first-order valence-corrected chi connectivity index (χ1v) is 5.06. The van der Waals surface area contributed by atoms with Crippen molar-refractivity contribution in [3.8, 4) is 11.8 Å². The Morgan fingerprint density at radius 2 is 2.27 bits per heavy atom. The molecule has 0 aliphatic heterocycles. The van der Waals surface area contributed by atoms with E-state index in [-0.39, 0.29) is 5.82 Å². The first-order chi connectivity index (χ1) is 7.16. The van der Waals surface area contributed by atoms with Crippen LogP contribution in [0.3, 0.4) is 0 Å². The van der Waals surface area contributed by atoms with Gasteiger partial charge in [0.15, 0.2) is 0 Å². The summed E-state index contributed by atoms with van der Waals surface area (Å²) < 4.78 is 20.5. The third kappa shape index (κ3) is 2.18. The van der Waals surface area contributed by atoms with E-state index in [1.807, 2.05) is 7.05 Å². The molecule has 0 fully saturated rings. The molecule has 0 radical (unpaired) electrons. The molecule has 1 aromatic carbocycles. The molecule has 0 amide bonds. The molecule has 5 heteroatoms. The summed E-state index contributed by atoms with van der Waals surface area (Å²) in [6.45, 7) is 0. The van der Waals surface area contributed by atoms with Crippen molar-refractivity contribution in [1.82, 2.24) is 9.55 Å². The lowest BCUT2D eigenvalue weighted by atomic mass is 10.3. The molecule has 3 nitrogen and oxygen atoms in total. The average molecular weight is 271 g/mol. The van der Waals surface area contributed by atoms with Crippen LogP contribution in [0, 0.1) is 5.82 Å². The topological polar surface area (TPSA) is 27.1 Å². The van der Waals surface area contributed by atoms with Crippen LogP contribution in [0.15, 0.2) is 35.1 Å². The van der Waals surface area contributed by atoms with Crippen molar-refractivity contribution in [3.05, 3.63) is 40.9 Å². The van der Waals surface area contributed by atoms with Crippen molar-refractivity contribution >= 4 is 15.9 Å². The van der Waals surface area contributed by atoms with Gasteiger partial charge in [-0.2, -0.15) is 0 Å². The quantitative estimate of drug-likeness (QED) is 0.839. The largest absolute Gasteiger partial charge is 0.425 e. The van der Waals surface area contributed by atoms with Gasteiger partial charge in [0.2, 0.25) is 0 Å². The van der Waals surface area contributed by atoms with Crippen molar-refractivity contribution in [2.45, 2.75) is 0 Å². The number of aryl methyl sites for hydroxylation is 1. The first kappa shape index (κ1) is 10.2. The third-order valence-electron chi connectivity index (χ3n) is 1.88. The van der Waals surface area contributed by atoms with Gasteiger partial charge in [-0.3, -0.25) is 0 Å². The number of benzene rings is 1. The molecular weight excluding hydrogens is 263 g/mol. The Bertz CT molecular complexity index is 484. The maximum absolute atomic E-state index is 12.9. The summed E-state index contributed by atoms with van der Waals surface area (Å²) >= 11 is 3.09.